The largest absolute Gasteiger partial charge is 0.380 e. The van der Waals surface area contributed by atoms with Crippen LogP contribution in [0.5, 0.6) is 0 Å². The number of rotatable bonds is 5. The van der Waals surface area contributed by atoms with Crippen molar-refractivity contribution in [3.8, 4) is 0 Å². The molecule has 0 radical (unpaired) electrons. The van der Waals surface area contributed by atoms with Crippen LogP contribution in [0.15, 0.2) is 60.9 Å². The van der Waals surface area contributed by atoms with Crippen LogP contribution in [0.4, 0.5) is 5.82 Å². The van der Waals surface area contributed by atoms with Crippen LogP contribution in [0, 0.1) is 6.92 Å². The molecular weight excluding hydrogens is 352 g/mol. The Kier molecular flexibility index (Phi) is 5.04. The van der Waals surface area contributed by atoms with E-state index in [1.807, 2.05) is 43.3 Å². The molecule has 1 amide bonds. The van der Waals surface area contributed by atoms with Gasteiger partial charge in [0, 0.05) is 37.3 Å². The smallest absolute Gasteiger partial charge is 0.257 e. The Morgan fingerprint density at radius 3 is 2.71 bits per heavy atom. The van der Waals surface area contributed by atoms with Gasteiger partial charge in [-0.05, 0) is 30.2 Å². The molecule has 0 spiro atoms. The van der Waals surface area contributed by atoms with Crippen molar-refractivity contribution < 1.29 is 9.53 Å². The molecule has 0 aliphatic carbocycles. The summed E-state index contributed by atoms with van der Waals surface area (Å²) in [6.07, 6.45) is 3.15. The molecule has 1 aromatic carbocycles. The van der Waals surface area contributed by atoms with Crippen molar-refractivity contribution in [2.24, 2.45) is 0 Å². The minimum atomic E-state index is -0.349. The van der Waals surface area contributed by atoms with E-state index >= 15 is 0 Å². The van der Waals surface area contributed by atoms with E-state index in [0.29, 0.717) is 24.5 Å². The summed E-state index contributed by atoms with van der Waals surface area (Å²) in [6.45, 7) is 2.90. The Labute approximate surface area is 164 Å². The van der Waals surface area contributed by atoms with Crippen molar-refractivity contribution in [2.45, 2.75) is 26.2 Å². The van der Waals surface area contributed by atoms with Gasteiger partial charge >= 0.3 is 0 Å². The number of nitrogens with zero attached hydrogens (tertiary/aromatic N) is 3. The lowest BCUT2D eigenvalue weighted by Gasteiger charge is -2.39. The van der Waals surface area contributed by atoms with Crippen LogP contribution in [0.2, 0.25) is 0 Å². The van der Waals surface area contributed by atoms with Crippen molar-refractivity contribution in [3.63, 3.8) is 0 Å². The van der Waals surface area contributed by atoms with E-state index in [4.69, 9.17) is 9.72 Å². The van der Waals surface area contributed by atoms with E-state index in [1.54, 1.807) is 19.5 Å². The highest BCUT2D eigenvalue weighted by Crippen LogP contribution is 2.35. The van der Waals surface area contributed by atoms with Gasteiger partial charge in [0.05, 0.1) is 12.2 Å². The highest BCUT2D eigenvalue weighted by atomic mass is 16.5. The average molecular weight is 374 g/mol. The Hall–Kier alpha value is -3.25. The number of pyridine rings is 2. The zero-order valence-corrected chi connectivity index (χ0v) is 15.9. The first-order chi connectivity index (χ1) is 13.7. The highest BCUT2D eigenvalue weighted by molar-refractivity contribution is 6.02. The quantitative estimate of drug-likeness (QED) is 0.742. The van der Waals surface area contributed by atoms with Gasteiger partial charge in [-0.15, -0.1) is 0 Å². The van der Waals surface area contributed by atoms with Crippen molar-refractivity contribution in [2.75, 3.05) is 12.0 Å². The molecule has 1 aliphatic rings. The number of benzene rings is 1. The Balaban J connectivity index is 1.86. The van der Waals surface area contributed by atoms with E-state index < -0.39 is 0 Å². The monoisotopic (exact) mass is 374 g/mol. The lowest BCUT2D eigenvalue weighted by atomic mass is 10.0. The molecule has 1 atom stereocenters. The fourth-order valence-electron chi connectivity index (χ4n) is 3.59. The third-order valence-corrected chi connectivity index (χ3v) is 4.78. The molecule has 6 heteroatoms. The molecule has 1 aliphatic heterocycles. The van der Waals surface area contributed by atoms with Gasteiger partial charge in [0.1, 0.15) is 12.0 Å². The first-order valence-electron chi connectivity index (χ1n) is 9.18. The van der Waals surface area contributed by atoms with Gasteiger partial charge in [-0.2, -0.15) is 0 Å². The zero-order valence-electron chi connectivity index (χ0n) is 15.9. The number of hydrogen-bond donors (Lipinski definition) is 1. The Morgan fingerprint density at radius 1 is 1.18 bits per heavy atom. The molecule has 28 heavy (non-hydrogen) atoms. The predicted molar refractivity (Wildman–Crippen MR) is 107 cm³/mol. The second-order valence-electron chi connectivity index (χ2n) is 6.83. The number of methoxy groups -OCH3 is 1. The minimum Gasteiger partial charge on any atom is -0.380 e. The number of anilines is 1. The number of amides is 1. The minimum absolute atomic E-state index is 0.146. The maximum Gasteiger partial charge on any atom is 0.257 e. The van der Waals surface area contributed by atoms with E-state index in [0.717, 1.165) is 22.4 Å². The Morgan fingerprint density at radius 2 is 2.00 bits per heavy atom. The van der Waals surface area contributed by atoms with Gasteiger partial charge in [0.15, 0.2) is 0 Å². The molecule has 3 aromatic rings. The summed E-state index contributed by atoms with van der Waals surface area (Å²) >= 11 is 0. The van der Waals surface area contributed by atoms with E-state index in [1.165, 1.54) is 0 Å². The fraction of sp³-hybridized carbons (Fsp3) is 0.227. The Bertz CT molecular complexity index is 977. The maximum atomic E-state index is 13.0. The van der Waals surface area contributed by atoms with Gasteiger partial charge in [0.2, 0.25) is 0 Å². The molecule has 0 saturated carbocycles. The lowest BCUT2D eigenvalue weighted by molar-refractivity contribution is 0.0919. The van der Waals surface area contributed by atoms with Crippen LogP contribution in [0.25, 0.3) is 0 Å². The zero-order chi connectivity index (χ0) is 19.5. The van der Waals surface area contributed by atoms with Gasteiger partial charge in [0.25, 0.3) is 5.91 Å². The molecule has 6 nitrogen and oxygen atoms in total. The van der Waals surface area contributed by atoms with E-state index in [9.17, 15) is 4.79 Å². The van der Waals surface area contributed by atoms with Crippen LogP contribution >= 0.6 is 0 Å². The number of fused-ring (bicyclic) bond motifs is 1. The van der Waals surface area contributed by atoms with Crippen molar-refractivity contribution in [3.05, 3.63) is 88.9 Å². The number of aromatic nitrogens is 2. The summed E-state index contributed by atoms with van der Waals surface area (Å²) in [4.78, 5) is 24.1. The van der Waals surface area contributed by atoms with Gasteiger partial charge in [-0.3, -0.25) is 9.78 Å². The van der Waals surface area contributed by atoms with Crippen LogP contribution in [0.3, 0.4) is 0 Å². The van der Waals surface area contributed by atoms with E-state index in [-0.39, 0.29) is 12.1 Å². The molecular formula is C22H22N4O2. The van der Waals surface area contributed by atoms with Crippen LogP contribution in [0.1, 0.15) is 38.9 Å². The average Bonchev–Trinajstić information content (AvgIpc) is 2.71. The number of ether oxygens (including phenoxy) is 1. The third-order valence-electron chi connectivity index (χ3n) is 4.78. The summed E-state index contributed by atoms with van der Waals surface area (Å²) in [6, 6.07) is 15.9. The summed E-state index contributed by atoms with van der Waals surface area (Å²) in [5.74, 6) is 0.529. The van der Waals surface area contributed by atoms with Crippen LogP contribution < -0.4 is 10.2 Å². The topological polar surface area (TPSA) is 67.3 Å². The van der Waals surface area contributed by atoms with Gasteiger partial charge < -0.3 is 15.0 Å². The first-order valence-corrected chi connectivity index (χ1v) is 9.18. The van der Waals surface area contributed by atoms with Crippen LogP contribution in [-0.4, -0.2) is 23.0 Å². The molecule has 1 N–H and O–H groups in total. The number of carbonyl (C=O) groups is 1. The summed E-state index contributed by atoms with van der Waals surface area (Å²) in [5.41, 5.74) is 4.31. The number of aryl methyl sites for hydroxylation is 1. The molecule has 0 unspecified atom stereocenters. The normalized spacial score (nSPS) is 15.9. The SMILES string of the molecule is COCc1cc(C)nc2c1C(=O)N[C@@H](c1cccnc1)N2Cc1ccccc1. The summed E-state index contributed by atoms with van der Waals surface area (Å²) < 4.78 is 5.33. The molecule has 3 heterocycles. The number of carbonyl (C=O) groups excluding carboxylic acids is 1. The first kappa shape index (κ1) is 18.1. The summed E-state index contributed by atoms with van der Waals surface area (Å²) in [5, 5.41) is 3.13. The number of hydrogen-bond acceptors (Lipinski definition) is 5. The predicted octanol–water partition coefficient (Wildman–Crippen LogP) is 3.38. The standard InChI is InChI=1S/C22H22N4O2/c1-15-11-18(14-28-2)19-21(24-15)26(13-16-7-4-3-5-8-16)20(25-22(19)27)17-9-6-10-23-12-17/h3-12,20H,13-14H2,1-2H3,(H,25,27)/t20-/m1/s1. The highest BCUT2D eigenvalue weighted by Gasteiger charge is 2.35. The van der Waals surface area contributed by atoms with Crippen molar-refractivity contribution in [1.29, 1.82) is 0 Å². The summed E-state index contributed by atoms with van der Waals surface area (Å²) in [7, 11) is 1.63. The molecule has 0 saturated heterocycles. The van der Waals surface area contributed by atoms with Crippen molar-refractivity contribution >= 4 is 11.7 Å². The van der Waals surface area contributed by atoms with Crippen molar-refractivity contribution in [1.82, 2.24) is 15.3 Å². The maximum absolute atomic E-state index is 13.0. The third kappa shape index (κ3) is 3.46. The van der Waals surface area contributed by atoms with Crippen LogP contribution in [-0.2, 0) is 17.9 Å². The number of nitrogens with one attached hydrogen (secondary N) is 1. The molecule has 142 valence electrons. The van der Waals surface area contributed by atoms with E-state index in [2.05, 4.69) is 27.3 Å². The molecule has 0 bridgehead atoms. The lowest BCUT2D eigenvalue weighted by Crippen LogP contribution is -2.47. The molecule has 2 aromatic heterocycles. The fourth-order valence-corrected chi connectivity index (χ4v) is 3.59. The second kappa shape index (κ2) is 7.78. The molecule has 0 fully saturated rings. The molecule has 4 rings (SSSR count). The van der Waals surface area contributed by atoms with Gasteiger partial charge in [-0.25, -0.2) is 4.98 Å². The van der Waals surface area contributed by atoms with Gasteiger partial charge in [-0.1, -0.05) is 36.4 Å². The second-order valence-corrected chi connectivity index (χ2v) is 6.83.